The van der Waals surface area contributed by atoms with Crippen LogP contribution in [0.1, 0.15) is 16.8 Å². The van der Waals surface area contributed by atoms with Gasteiger partial charge in [-0.2, -0.15) is 5.10 Å². The molecule has 1 aromatic rings. The van der Waals surface area contributed by atoms with Gasteiger partial charge in [0, 0.05) is 7.05 Å². The maximum absolute atomic E-state index is 5.58. The van der Waals surface area contributed by atoms with E-state index in [1.54, 1.807) is 7.05 Å². The first-order chi connectivity index (χ1) is 6.07. The molecule has 0 bridgehead atoms. The van der Waals surface area contributed by atoms with Gasteiger partial charge in [0.25, 0.3) is 0 Å². The number of hydrogen-bond acceptors (Lipinski definition) is 4. The third-order valence-corrected chi connectivity index (χ3v) is 2.14. The summed E-state index contributed by atoms with van der Waals surface area (Å²) in [5.41, 5.74) is 8.19. The van der Waals surface area contributed by atoms with Crippen molar-refractivity contribution in [2.24, 2.45) is 5.73 Å². The second kappa shape index (κ2) is 3.66. The van der Waals surface area contributed by atoms with Gasteiger partial charge in [0.2, 0.25) is 0 Å². The minimum Gasteiger partial charge on any atom is -0.389 e. The van der Waals surface area contributed by atoms with Gasteiger partial charge < -0.3 is 11.1 Å². The summed E-state index contributed by atoms with van der Waals surface area (Å²) in [4.78, 5) is 0.347. The van der Waals surface area contributed by atoms with Crippen molar-refractivity contribution in [1.82, 2.24) is 10.2 Å². The largest absolute Gasteiger partial charge is 0.389 e. The lowest BCUT2D eigenvalue weighted by Gasteiger charge is -2.10. The molecule has 3 N–H and O–H groups in total. The molecule has 13 heavy (non-hydrogen) atoms. The average Bonchev–Trinajstić information content (AvgIpc) is 2.08. The highest BCUT2D eigenvalue weighted by atomic mass is 32.1. The van der Waals surface area contributed by atoms with Gasteiger partial charge in [-0.25, -0.2) is 0 Å². The van der Waals surface area contributed by atoms with Crippen molar-refractivity contribution >= 4 is 23.0 Å². The summed E-state index contributed by atoms with van der Waals surface area (Å²) in [5.74, 6) is 0.635. The predicted molar refractivity (Wildman–Crippen MR) is 56.9 cm³/mol. The van der Waals surface area contributed by atoms with Crippen LogP contribution in [0.5, 0.6) is 0 Å². The second-order valence-electron chi connectivity index (χ2n) is 2.75. The second-order valence-corrected chi connectivity index (χ2v) is 3.19. The number of anilines is 1. The lowest BCUT2D eigenvalue weighted by atomic mass is 10.1. The Balaban J connectivity index is 3.41. The zero-order valence-corrected chi connectivity index (χ0v) is 8.70. The molecule has 0 radical (unpaired) electrons. The van der Waals surface area contributed by atoms with Crippen LogP contribution in [-0.2, 0) is 0 Å². The Morgan fingerprint density at radius 1 is 1.38 bits per heavy atom. The number of aryl methyl sites for hydroxylation is 1. The summed E-state index contributed by atoms with van der Waals surface area (Å²) in [7, 11) is 1.76. The topological polar surface area (TPSA) is 63.8 Å². The highest BCUT2D eigenvalue weighted by Gasteiger charge is 2.11. The summed E-state index contributed by atoms with van der Waals surface area (Å²) < 4.78 is 0. The van der Waals surface area contributed by atoms with E-state index in [0.717, 1.165) is 16.8 Å². The Labute approximate surface area is 82.5 Å². The smallest absolute Gasteiger partial charge is 0.158 e. The molecule has 0 fully saturated rings. The zero-order valence-electron chi connectivity index (χ0n) is 7.88. The summed E-state index contributed by atoms with van der Waals surface area (Å²) in [6.45, 7) is 3.81. The van der Waals surface area contributed by atoms with Crippen molar-refractivity contribution in [2.75, 3.05) is 12.4 Å². The molecule has 4 nitrogen and oxygen atoms in total. The van der Waals surface area contributed by atoms with Crippen molar-refractivity contribution in [3.05, 3.63) is 16.8 Å². The van der Waals surface area contributed by atoms with Crippen molar-refractivity contribution in [2.45, 2.75) is 13.8 Å². The average molecular weight is 196 g/mol. The van der Waals surface area contributed by atoms with Gasteiger partial charge in [0.1, 0.15) is 4.99 Å². The summed E-state index contributed by atoms with van der Waals surface area (Å²) in [6.07, 6.45) is 0. The van der Waals surface area contributed by atoms with Crippen LogP contribution in [0.2, 0.25) is 0 Å². The number of nitrogens with zero attached hydrogens (tertiary/aromatic N) is 2. The first-order valence-corrected chi connectivity index (χ1v) is 4.30. The number of nitrogens with two attached hydrogens (primary N) is 1. The molecule has 0 atom stereocenters. The monoisotopic (exact) mass is 196 g/mol. The number of thiocarbonyl (C=S) groups is 1. The normalized spacial score (nSPS) is 9.77. The number of aromatic nitrogens is 2. The first-order valence-electron chi connectivity index (χ1n) is 3.89. The maximum atomic E-state index is 5.58. The molecule has 0 spiro atoms. The Bertz CT molecular complexity index is 348. The molecule has 1 aromatic heterocycles. The molecule has 0 aromatic carbocycles. The molecule has 1 rings (SSSR count). The first kappa shape index (κ1) is 9.85. The van der Waals surface area contributed by atoms with Gasteiger partial charge >= 0.3 is 0 Å². The Kier molecular flexibility index (Phi) is 2.77. The standard InChI is InChI=1S/C8H12N4S/c1-4-5(2)11-12-8(10-3)6(4)7(9)13/h1-3H3,(H2,9,13)(H,10,12). The van der Waals surface area contributed by atoms with E-state index in [9.17, 15) is 0 Å². The van der Waals surface area contributed by atoms with Crippen LogP contribution in [-0.4, -0.2) is 22.2 Å². The van der Waals surface area contributed by atoms with E-state index >= 15 is 0 Å². The van der Waals surface area contributed by atoms with Gasteiger partial charge in [-0.1, -0.05) is 12.2 Å². The van der Waals surface area contributed by atoms with Gasteiger partial charge in [0.05, 0.1) is 11.3 Å². The zero-order chi connectivity index (χ0) is 10.0. The molecule has 0 saturated heterocycles. The lowest BCUT2D eigenvalue weighted by molar-refractivity contribution is 0.960. The van der Waals surface area contributed by atoms with Crippen LogP contribution in [0.3, 0.4) is 0 Å². The summed E-state index contributed by atoms with van der Waals surface area (Å²) >= 11 is 4.93. The van der Waals surface area contributed by atoms with Gasteiger partial charge in [-0.15, -0.1) is 5.10 Å². The van der Waals surface area contributed by atoms with Gasteiger partial charge in [0.15, 0.2) is 5.82 Å². The fourth-order valence-corrected chi connectivity index (χ4v) is 1.33. The Morgan fingerprint density at radius 2 is 2.00 bits per heavy atom. The Morgan fingerprint density at radius 3 is 2.46 bits per heavy atom. The summed E-state index contributed by atoms with van der Waals surface area (Å²) in [6, 6.07) is 0. The molecule has 70 valence electrons. The highest BCUT2D eigenvalue weighted by molar-refractivity contribution is 7.80. The lowest BCUT2D eigenvalue weighted by Crippen LogP contribution is -2.16. The van der Waals surface area contributed by atoms with E-state index in [0.29, 0.717) is 10.8 Å². The van der Waals surface area contributed by atoms with Crippen LogP contribution in [0.25, 0.3) is 0 Å². The molecular formula is C8H12N4S. The predicted octanol–water partition coefficient (Wildman–Crippen LogP) is 0.769. The third kappa shape index (κ3) is 1.75. The highest BCUT2D eigenvalue weighted by Crippen LogP contribution is 2.17. The SMILES string of the molecule is CNc1nnc(C)c(C)c1C(N)=S. The van der Waals surface area contributed by atoms with Crippen molar-refractivity contribution in [3.8, 4) is 0 Å². The van der Waals surface area contributed by atoms with Crippen molar-refractivity contribution in [1.29, 1.82) is 0 Å². The van der Waals surface area contributed by atoms with Crippen molar-refractivity contribution in [3.63, 3.8) is 0 Å². The molecular weight excluding hydrogens is 184 g/mol. The molecule has 0 amide bonds. The minimum absolute atomic E-state index is 0.347. The molecule has 0 aliphatic carbocycles. The minimum atomic E-state index is 0.347. The van der Waals surface area contributed by atoms with Crippen LogP contribution < -0.4 is 11.1 Å². The molecule has 1 heterocycles. The molecule has 0 saturated carbocycles. The maximum Gasteiger partial charge on any atom is 0.158 e. The van der Waals surface area contributed by atoms with Crippen LogP contribution in [0, 0.1) is 13.8 Å². The van der Waals surface area contributed by atoms with E-state index in [-0.39, 0.29) is 0 Å². The number of hydrogen-bond donors (Lipinski definition) is 2. The van der Waals surface area contributed by atoms with E-state index in [4.69, 9.17) is 18.0 Å². The fraction of sp³-hybridized carbons (Fsp3) is 0.375. The molecule has 0 unspecified atom stereocenters. The Hall–Kier alpha value is -1.23. The molecule has 0 aliphatic rings. The van der Waals surface area contributed by atoms with E-state index in [1.165, 1.54) is 0 Å². The van der Waals surface area contributed by atoms with Gasteiger partial charge in [-0.3, -0.25) is 0 Å². The van der Waals surface area contributed by atoms with E-state index in [2.05, 4.69) is 15.5 Å². The molecule has 0 aliphatic heterocycles. The summed E-state index contributed by atoms with van der Waals surface area (Å²) in [5, 5.41) is 10.8. The third-order valence-electron chi connectivity index (χ3n) is 1.94. The fourth-order valence-electron chi connectivity index (χ4n) is 1.09. The van der Waals surface area contributed by atoms with Crippen LogP contribution in [0.4, 0.5) is 5.82 Å². The number of rotatable bonds is 2. The van der Waals surface area contributed by atoms with Crippen LogP contribution >= 0.6 is 12.2 Å². The molecule has 5 heteroatoms. The van der Waals surface area contributed by atoms with E-state index < -0.39 is 0 Å². The quantitative estimate of drug-likeness (QED) is 0.684. The van der Waals surface area contributed by atoms with Crippen LogP contribution in [0.15, 0.2) is 0 Å². The number of nitrogens with one attached hydrogen (secondary N) is 1. The van der Waals surface area contributed by atoms with Crippen molar-refractivity contribution < 1.29 is 0 Å². The van der Waals surface area contributed by atoms with Gasteiger partial charge in [-0.05, 0) is 19.4 Å². The van der Waals surface area contributed by atoms with E-state index in [1.807, 2.05) is 13.8 Å².